The van der Waals surface area contributed by atoms with Crippen LogP contribution in [0.2, 0.25) is 0 Å². The lowest BCUT2D eigenvalue weighted by molar-refractivity contribution is 0.314. The summed E-state index contributed by atoms with van der Waals surface area (Å²) in [4.78, 5) is 0. The largest absolute Gasteiger partial charge is 0.367 e. The highest BCUT2D eigenvalue weighted by Crippen LogP contribution is 2.51. The Morgan fingerprint density at radius 3 is 2.70 bits per heavy atom. The molecule has 106 valence electrons. The molecule has 3 heteroatoms. The van der Waals surface area contributed by atoms with E-state index in [9.17, 15) is 0 Å². The van der Waals surface area contributed by atoms with Gasteiger partial charge in [0, 0.05) is 5.92 Å². The van der Waals surface area contributed by atoms with Gasteiger partial charge >= 0.3 is 0 Å². The molecule has 1 aromatic carbocycles. The lowest BCUT2D eigenvalue weighted by Crippen LogP contribution is -2.16. The van der Waals surface area contributed by atoms with Crippen molar-refractivity contribution in [3.8, 4) is 11.1 Å². The van der Waals surface area contributed by atoms with E-state index >= 15 is 0 Å². The number of hydrogen-bond donors (Lipinski definition) is 1. The second kappa shape index (κ2) is 4.65. The van der Waals surface area contributed by atoms with E-state index in [1.165, 1.54) is 18.4 Å². The zero-order valence-corrected chi connectivity index (χ0v) is 12.4. The number of aromatic nitrogens is 1. The fourth-order valence-corrected chi connectivity index (χ4v) is 3.51. The second-order valence-corrected chi connectivity index (χ2v) is 6.56. The highest BCUT2D eigenvalue weighted by atomic mass is 16.5. The van der Waals surface area contributed by atoms with Crippen LogP contribution < -0.4 is 5.73 Å². The molecular formula is C17H22N2O. The van der Waals surface area contributed by atoms with Gasteiger partial charge in [0.25, 0.3) is 0 Å². The molecule has 1 unspecified atom stereocenters. The van der Waals surface area contributed by atoms with Gasteiger partial charge in [-0.3, -0.25) is 0 Å². The van der Waals surface area contributed by atoms with Crippen LogP contribution >= 0.6 is 0 Å². The van der Waals surface area contributed by atoms with E-state index in [2.05, 4.69) is 38.1 Å². The Balaban J connectivity index is 2.14. The average molecular weight is 270 g/mol. The maximum absolute atomic E-state index is 6.07. The predicted octanol–water partition coefficient (Wildman–Crippen LogP) is 4.53. The smallest absolute Gasteiger partial charge is 0.230 e. The van der Waals surface area contributed by atoms with Crippen LogP contribution in [0.4, 0.5) is 5.88 Å². The Hall–Kier alpha value is -1.77. The summed E-state index contributed by atoms with van der Waals surface area (Å²) < 4.78 is 5.34. The number of aryl methyl sites for hydroxylation is 1. The molecule has 2 N–H and O–H groups in total. The standard InChI is InChI=1S/C17H22N2O/c1-11-7-4-5-8-12(11)14-15(19-20-16(14)18)13-9-6-10-17(13,2)3/h4-5,7-8,13H,6,9-10,18H2,1-3H3. The maximum atomic E-state index is 6.07. The first kappa shape index (κ1) is 13.2. The summed E-state index contributed by atoms with van der Waals surface area (Å²) in [7, 11) is 0. The summed E-state index contributed by atoms with van der Waals surface area (Å²) in [6.45, 7) is 6.74. The van der Waals surface area contributed by atoms with Crippen LogP contribution in [-0.4, -0.2) is 5.16 Å². The van der Waals surface area contributed by atoms with E-state index in [-0.39, 0.29) is 5.41 Å². The number of anilines is 1. The summed E-state index contributed by atoms with van der Waals surface area (Å²) in [5, 5.41) is 4.31. The monoisotopic (exact) mass is 270 g/mol. The van der Waals surface area contributed by atoms with Crippen molar-refractivity contribution in [2.24, 2.45) is 5.41 Å². The SMILES string of the molecule is Cc1ccccc1-c1c(C2CCCC2(C)C)noc1N. The van der Waals surface area contributed by atoms with Gasteiger partial charge in [-0.15, -0.1) is 0 Å². The minimum Gasteiger partial charge on any atom is -0.367 e. The van der Waals surface area contributed by atoms with Gasteiger partial charge in [-0.05, 0) is 36.3 Å². The molecule has 0 radical (unpaired) electrons. The Labute approximate surface area is 120 Å². The topological polar surface area (TPSA) is 52.0 Å². The van der Waals surface area contributed by atoms with Crippen LogP contribution in [0.5, 0.6) is 0 Å². The number of nitrogens with zero attached hydrogens (tertiary/aromatic N) is 1. The van der Waals surface area contributed by atoms with Crippen molar-refractivity contribution in [1.29, 1.82) is 0 Å². The van der Waals surface area contributed by atoms with Gasteiger partial charge < -0.3 is 10.3 Å². The first-order valence-corrected chi connectivity index (χ1v) is 7.32. The van der Waals surface area contributed by atoms with E-state index in [1.54, 1.807) is 0 Å². The third-order valence-electron chi connectivity index (χ3n) is 4.75. The molecule has 0 amide bonds. The first-order valence-electron chi connectivity index (χ1n) is 7.32. The van der Waals surface area contributed by atoms with Crippen molar-refractivity contribution in [3.63, 3.8) is 0 Å². The number of hydrogen-bond acceptors (Lipinski definition) is 3. The summed E-state index contributed by atoms with van der Waals surface area (Å²) in [6, 6.07) is 8.29. The van der Waals surface area contributed by atoms with Crippen LogP contribution in [-0.2, 0) is 0 Å². The fraction of sp³-hybridized carbons (Fsp3) is 0.471. The Morgan fingerprint density at radius 1 is 1.30 bits per heavy atom. The zero-order chi connectivity index (χ0) is 14.3. The van der Waals surface area contributed by atoms with Crippen LogP contribution in [0.1, 0.15) is 50.3 Å². The molecule has 0 spiro atoms. The summed E-state index contributed by atoms with van der Waals surface area (Å²) in [5.41, 5.74) is 10.7. The summed E-state index contributed by atoms with van der Waals surface area (Å²) >= 11 is 0. The van der Waals surface area contributed by atoms with Crippen molar-refractivity contribution >= 4 is 5.88 Å². The minimum atomic E-state index is 0.265. The van der Waals surface area contributed by atoms with Crippen molar-refractivity contribution < 1.29 is 4.52 Å². The molecule has 20 heavy (non-hydrogen) atoms. The Morgan fingerprint density at radius 2 is 2.05 bits per heavy atom. The van der Waals surface area contributed by atoms with Crippen LogP contribution in [0, 0.1) is 12.3 Å². The van der Waals surface area contributed by atoms with E-state index in [4.69, 9.17) is 10.3 Å². The van der Waals surface area contributed by atoms with Crippen molar-refractivity contribution in [2.75, 3.05) is 5.73 Å². The van der Waals surface area contributed by atoms with Crippen LogP contribution in [0.25, 0.3) is 11.1 Å². The molecule has 1 fully saturated rings. The van der Waals surface area contributed by atoms with Crippen molar-refractivity contribution in [1.82, 2.24) is 5.16 Å². The third-order valence-corrected chi connectivity index (χ3v) is 4.75. The molecule has 1 saturated carbocycles. The second-order valence-electron chi connectivity index (χ2n) is 6.56. The molecule has 3 rings (SSSR count). The lowest BCUT2D eigenvalue weighted by Gasteiger charge is -2.26. The molecule has 2 aromatic rings. The van der Waals surface area contributed by atoms with Crippen molar-refractivity contribution in [3.05, 3.63) is 35.5 Å². The van der Waals surface area contributed by atoms with Gasteiger partial charge in [0.15, 0.2) is 0 Å². The molecule has 0 saturated heterocycles. The minimum absolute atomic E-state index is 0.265. The van der Waals surface area contributed by atoms with Gasteiger partial charge in [-0.2, -0.15) is 0 Å². The molecule has 1 aromatic heterocycles. The lowest BCUT2D eigenvalue weighted by atomic mass is 9.78. The number of nitrogens with two attached hydrogens (primary N) is 1. The van der Waals surface area contributed by atoms with Gasteiger partial charge in [0.05, 0.1) is 11.3 Å². The van der Waals surface area contributed by atoms with Gasteiger partial charge in [-0.25, -0.2) is 0 Å². The normalized spacial score (nSPS) is 21.2. The molecular weight excluding hydrogens is 248 g/mol. The first-order chi connectivity index (χ1) is 9.50. The van der Waals surface area contributed by atoms with Gasteiger partial charge in [0.1, 0.15) is 0 Å². The van der Waals surface area contributed by atoms with Crippen LogP contribution in [0.15, 0.2) is 28.8 Å². The predicted molar refractivity (Wildman–Crippen MR) is 81.5 cm³/mol. The quantitative estimate of drug-likeness (QED) is 0.872. The fourth-order valence-electron chi connectivity index (χ4n) is 3.51. The van der Waals surface area contributed by atoms with E-state index in [0.29, 0.717) is 11.8 Å². The Bertz CT molecular complexity index is 628. The molecule has 1 aliphatic rings. The number of rotatable bonds is 2. The highest BCUT2D eigenvalue weighted by molar-refractivity contribution is 5.78. The Kier molecular flexibility index (Phi) is 3.08. The van der Waals surface area contributed by atoms with Gasteiger partial charge in [-0.1, -0.05) is 49.7 Å². The molecule has 0 bridgehead atoms. The average Bonchev–Trinajstić information content (AvgIpc) is 2.93. The third kappa shape index (κ3) is 2.01. The highest BCUT2D eigenvalue weighted by Gasteiger charge is 2.39. The molecule has 3 nitrogen and oxygen atoms in total. The summed E-state index contributed by atoms with van der Waals surface area (Å²) in [5.74, 6) is 0.871. The molecule has 0 aliphatic heterocycles. The number of benzene rings is 1. The molecule has 1 heterocycles. The van der Waals surface area contributed by atoms with E-state index in [1.807, 2.05) is 12.1 Å². The molecule has 1 aliphatic carbocycles. The van der Waals surface area contributed by atoms with Crippen LogP contribution in [0.3, 0.4) is 0 Å². The maximum Gasteiger partial charge on any atom is 0.230 e. The van der Waals surface area contributed by atoms with E-state index in [0.717, 1.165) is 23.2 Å². The zero-order valence-electron chi connectivity index (χ0n) is 12.4. The van der Waals surface area contributed by atoms with E-state index < -0.39 is 0 Å². The molecule has 1 atom stereocenters. The summed E-state index contributed by atoms with van der Waals surface area (Å²) in [6.07, 6.45) is 3.65. The number of nitrogen functional groups attached to an aromatic ring is 1. The van der Waals surface area contributed by atoms with Gasteiger partial charge in [0.2, 0.25) is 5.88 Å². The van der Waals surface area contributed by atoms with Crippen molar-refractivity contribution in [2.45, 2.75) is 46.0 Å².